The first-order chi connectivity index (χ1) is 34.8. The second-order valence-corrected chi connectivity index (χ2v) is 16.0. The summed E-state index contributed by atoms with van der Waals surface area (Å²) in [4.78, 5) is 16.3. The summed E-state index contributed by atoms with van der Waals surface area (Å²) >= 11 is 1.46. The van der Waals surface area contributed by atoms with Gasteiger partial charge in [-0.1, -0.05) is 24.3 Å². The minimum absolute atomic E-state index is 0.00528. The van der Waals surface area contributed by atoms with E-state index >= 15 is 0 Å². The highest BCUT2D eigenvalue weighted by atomic mass is 32.1. The molecule has 0 unspecified atom stereocenters. The smallest absolute Gasteiger partial charge is 0.275 e. The Morgan fingerprint density at radius 2 is 1.10 bits per heavy atom. The molecule has 0 radical (unpaired) electrons. The molecule has 19 heteroatoms. The van der Waals surface area contributed by atoms with Crippen LogP contribution in [0, 0.1) is 0 Å². The van der Waals surface area contributed by atoms with Gasteiger partial charge in [0.1, 0.15) is 51.7 Å². The van der Waals surface area contributed by atoms with Gasteiger partial charge < -0.3 is 50.5 Å². The Hall–Kier alpha value is -9.75. The minimum atomic E-state index is -0.564. The number of methoxy groups -OCH3 is 2. The molecule has 1 amide bonds. The highest BCUT2D eigenvalue weighted by Gasteiger charge is 2.11. The van der Waals surface area contributed by atoms with Crippen LogP contribution in [-0.2, 0) is 6.42 Å². The van der Waals surface area contributed by atoms with E-state index in [4.69, 9.17) is 9.47 Å². The zero-order chi connectivity index (χ0) is 51.4. The summed E-state index contributed by atoms with van der Waals surface area (Å²) in [6.07, 6.45) is 3.68. The fourth-order valence-electron chi connectivity index (χ4n) is 6.22. The van der Waals surface area contributed by atoms with Crippen molar-refractivity contribution in [2.45, 2.75) is 13.3 Å². The summed E-state index contributed by atoms with van der Waals surface area (Å²) in [5.41, 5.74) is 14.7. The number of phenols is 7. The first kappa shape index (κ1) is 51.6. The van der Waals surface area contributed by atoms with Gasteiger partial charge in [-0.25, -0.2) is 10.4 Å². The van der Waals surface area contributed by atoms with Gasteiger partial charge in [0.25, 0.3) is 5.91 Å². The van der Waals surface area contributed by atoms with E-state index in [0.29, 0.717) is 27.5 Å². The monoisotopic (exact) mass is 990 g/mol. The Morgan fingerprint density at radius 3 is 1.65 bits per heavy atom. The summed E-state index contributed by atoms with van der Waals surface area (Å²) in [5, 5.41) is 84.3. The third kappa shape index (κ3) is 15.7. The SMILES string of the molecule is CC(=NNC(=O)c1ccccc1O)c1ccc(O)cc1O.COc1ccc(Cc2csc(NN=Cc3ccc(O)cc3O)n2)cc1.COc1ccc(Nc2ccc(NN=Cc3ccc(O)cc3O)cc2)cc1. The molecular weight excluding hydrogens is 941 g/mol. The Labute approximate surface area is 417 Å². The number of hydrogen-bond donors (Lipinski definition) is 11. The number of hydrazone groups is 3. The largest absolute Gasteiger partial charge is 0.508 e. The molecule has 368 valence electrons. The number of ether oxygens (including phenoxy) is 2. The summed E-state index contributed by atoms with van der Waals surface area (Å²) in [6.45, 7) is 1.59. The molecule has 0 saturated carbocycles. The Morgan fingerprint density at radius 1 is 0.583 bits per heavy atom. The summed E-state index contributed by atoms with van der Waals surface area (Å²) in [7, 11) is 3.28. The molecule has 8 rings (SSSR count). The molecule has 0 atom stereocenters. The van der Waals surface area contributed by atoms with E-state index in [1.54, 1.807) is 45.4 Å². The number of rotatable bonds is 15. The number of nitrogens with zero attached hydrogens (tertiary/aromatic N) is 4. The predicted molar refractivity (Wildman–Crippen MR) is 280 cm³/mol. The van der Waals surface area contributed by atoms with Crippen LogP contribution in [0.4, 0.5) is 22.2 Å². The van der Waals surface area contributed by atoms with E-state index in [0.717, 1.165) is 46.2 Å². The first-order valence-electron chi connectivity index (χ1n) is 21.6. The molecule has 0 aliphatic rings. The molecule has 0 spiro atoms. The van der Waals surface area contributed by atoms with Crippen molar-refractivity contribution in [1.82, 2.24) is 10.4 Å². The zero-order valence-electron chi connectivity index (χ0n) is 38.9. The van der Waals surface area contributed by atoms with Crippen molar-refractivity contribution in [3.05, 3.63) is 191 Å². The van der Waals surface area contributed by atoms with Gasteiger partial charge in [0.15, 0.2) is 0 Å². The molecule has 1 heterocycles. The standard InChI is InChI=1S/C20H19N3O3.C18H17N3O3S.C15H14N2O4/c1-26-19-10-7-16(8-11-19)22-15-3-5-17(6-4-15)23-21-13-14-2-9-18(24)12-20(14)25;1-24-16-6-2-12(3-7-16)8-14-11-25-18(20-14)21-19-10-13-4-5-15(22)9-17(13)23;1-9(11-7-6-10(18)8-14(11)20)16-17-15(21)12-4-2-3-5-13(12)19/h2-13,22-25H,1H3;2-7,9-11,22-23H,8H2,1H3,(H,20,21);2-8,18-20H,1H3,(H,17,21). The van der Waals surface area contributed by atoms with Gasteiger partial charge in [-0.2, -0.15) is 15.3 Å². The zero-order valence-corrected chi connectivity index (χ0v) is 39.7. The van der Waals surface area contributed by atoms with Gasteiger partial charge in [0.2, 0.25) is 5.13 Å². The Bertz CT molecular complexity index is 3150. The van der Waals surface area contributed by atoms with Crippen molar-refractivity contribution < 1.29 is 50.0 Å². The van der Waals surface area contributed by atoms with Gasteiger partial charge >= 0.3 is 0 Å². The number of nitrogens with one attached hydrogen (secondary N) is 4. The molecule has 7 aromatic carbocycles. The van der Waals surface area contributed by atoms with Crippen molar-refractivity contribution in [2.75, 3.05) is 30.4 Å². The second-order valence-electron chi connectivity index (χ2n) is 15.2. The van der Waals surface area contributed by atoms with E-state index in [2.05, 4.69) is 41.9 Å². The number of aromatic nitrogens is 1. The van der Waals surface area contributed by atoms with Crippen LogP contribution in [0.15, 0.2) is 172 Å². The third-order valence-corrected chi connectivity index (χ3v) is 10.8. The third-order valence-electron chi connectivity index (χ3n) is 9.99. The number of carbonyl (C=O) groups is 1. The normalized spacial score (nSPS) is 10.9. The van der Waals surface area contributed by atoms with Crippen LogP contribution in [-0.4, -0.2) is 79.0 Å². The number of aromatic hydroxyl groups is 7. The average Bonchev–Trinajstić information content (AvgIpc) is 3.82. The van der Waals surface area contributed by atoms with Gasteiger partial charge in [-0.05, 0) is 122 Å². The van der Waals surface area contributed by atoms with Gasteiger partial charge in [-0.15, -0.1) is 11.3 Å². The van der Waals surface area contributed by atoms with Crippen molar-refractivity contribution in [1.29, 1.82) is 0 Å². The van der Waals surface area contributed by atoms with Crippen LogP contribution in [0.2, 0.25) is 0 Å². The molecular formula is C53H50N8O10S. The number of carbonyl (C=O) groups excluding carboxylic acids is 1. The minimum Gasteiger partial charge on any atom is -0.508 e. The number of benzene rings is 7. The highest BCUT2D eigenvalue weighted by Crippen LogP contribution is 2.26. The van der Waals surface area contributed by atoms with Crippen LogP contribution in [0.1, 0.15) is 45.2 Å². The molecule has 0 aliphatic carbocycles. The van der Waals surface area contributed by atoms with E-state index in [-0.39, 0.29) is 45.8 Å². The van der Waals surface area contributed by atoms with Crippen LogP contribution in [0.5, 0.6) is 51.7 Å². The first-order valence-corrected chi connectivity index (χ1v) is 22.5. The van der Waals surface area contributed by atoms with Crippen molar-refractivity contribution in [3.8, 4) is 51.7 Å². The van der Waals surface area contributed by atoms with Gasteiger partial charge in [0, 0.05) is 58.1 Å². The van der Waals surface area contributed by atoms with Crippen LogP contribution < -0.4 is 31.1 Å². The van der Waals surface area contributed by atoms with E-state index in [1.165, 1.54) is 78.4 Å². The maximum atomic E-state index is 11.9. The fraction of sp³-hybridized carbons (Fsp3) is 0.0755. The summed E-state index contributed by atoms with van der Waals surface area (Å²) < 4.78 is 10.3. The molecule has 0 bridgehead atoms. The summed E-state index contributed by atoms with van der Waals surface area (Å²) in [6, 6.07) is 42.0. The lowest BCUT2D eigenvalue weighted by Crippen LogP contribution is -2.19. The molecule has 0 fully saturated rings. The molecule has 8 aromatic rings. The van der Waals surface area contributed by atoms with Gasteiger partial charge in [0.05, 0.1) is 49.3 Å². The lowest BCUT2D eigenvalue weighted by atomic mass is 10.1. The summed E-state index contributed by atoms with van der Waals surface area (Å²) in [5.74, 6) is 0.665. The number of amides is 1. The van der Waals surface area contributed by atoms with Crippen molar-refractivity contribution >= 4 is 57.6 Å². The number of anilines is 4. The van der Waals surface area contributed by atoms with Crippen LogP contribution >= 0.6 is 11.3 Å². The second kappa shape index (κ2) is 25.6. The highest BCUT2D eigenvalue weighted by molar-refractivity contribution is 7.13. The number of thiazole rings is 1. The number of para-hydroxylation sites is 1. The van der Waals surface area contributed by atoms with E-state index < -0.39 is 5.91 Å². The topological polar surface area (TPSA) is 275 Å². The van der Waals surface area contributed by atoms with Crippen molar-refractivity contribution in [3.63, 3.8) is 0 Å². The van der Waals surface area contributed by atoms with E-state index in [9.17, 15) is 40.5 Å². The number of hydrogen-bond acceptors (Lipinski definition) is 18. The molecule has 0 saturated heterocycles. The molecule has 1 aromatic heterocycles. The lowest BCUT2D eigenvalue weighted by molar-refractivity contribution is 0.0952. The Balaban J connectivity index is 0.000000178. The molecule has 72 heavy (non-hydrogen) atoms. The molecule has 11 N–H and O–H groups in total. The maximum Gasteiger partial charge on any atom is 0.275 e. The van der Waals surface area contributed by atoms with E-state index in [1.807, 2.05) is 78.2 Å². The van der Waals surface area contributed by atoms with Crippen molar-refractivity contribution in [2.24, 2.45) is 15.3 Å². The predicted octanol–water partition coefficient (Wildman–Crippen LogP) is 9.85. The lowest BCUT2D eigenvalue weighted by Gasteiger charge is -2.08. The average molecular weight is 991 g/mol. The van der Waals surface area contributed by atoms with Crippen LogP contribution in [0.25, 0.3) is 0 Å². The fourth-order valence-corrected chi connectivity index (χ4v) is 6.88. The quantitative estimate of drug-likeness (QED) is 0.0337. The Kier molecular flexibility index (Phi) is 18.3. The van der Waals surface area contributed by atoms with Crippen LogP contribution in [0.3, 0.4) is 0 Å². The molecule has 18 nitrogen and oxygen atoms in total. The van der Waals surface area contributed by atoms with Gasteiger partial charge in [-0.3, -0.25) is 15.6 Å². The number of phenolic OH excluding ortho intramolecular Hbond substituents is 7. The molecule has 0 aliphatic heterocycles. The maximum absolute atomic E-state index is 11.9.